The third-order valence-corrected chi connectivity index (χ3v) is 5.17. The lowest BCUT2D eigenvalue weighted by Crippen LogP contribution is -2.02. The van der Waals surface area contributed by atoms with Crippen molar-refractivity contribution in [1.29, 1.82) is 10.5 Å². The Balaban J connectivity index is 2.01. The van der Waals surface area contributed by atoms with E-state index in [-0.39, 0.29) is 5.92 Å². The lowest BCUT2D eigenvalue weighted by molar-refractivity contribution is 0.415. The van der Waals surface area contributed by atoms with Crippen molar-refractivity contribution in [1.82, 2.24) is 14.6 Å². The average Bonchev–Trinajstić information content (AvgIpc) is 3.04. The lowest BCUT2D eigenvalue weighted by atomic mass is 10.1. The predicted molar refractivity (Wildman–Crippen MR) is 96.5 cm³/mol. The fourth-order valence-electron chi connectivity index (χ4n) is 2.72. The first kappa shape index (κ1) is 17.1. The van der Waals surface area contributed by atoms with Crippen molar-refractivity contribution < 1.29 is 4.74 Å². The molecular weight excluding hydrogens is 334 g/mol. The zero-order chi connectivity index (χ0) is 17.8. The van der Waals surface area contributed by atoms with E-state index in [1.807, 2.05) is 35.6 Å². The van der Waals surface area contributed by atoms with Crippen LogP contribution in [-0.2, 0) is 0 Å². The molecular formula is C18H17N5OS. The van der Waals surface area contributed by atoms with E-state index in [4.69, 9.17) is 10.00 Å². The van der Waals surface area contributed by atoms with Gasteiger partial charge in [0.05, 0.1) is 30.7 Å². The number of rotatable bonds is 6. The Morgan fingerprint density at radius 3 is 2.84 bits per heavy atom. The normalized spacial score (nSPS) is 12.0. The van der Waals surface area contributed by atoms with E-state index in [2.05, 4.69) is 22.3 Å². The third-order valence-electron chi connectivity index (χ3n) is 4.08. The Kier molecular flexibility index (Phi) is 5.06. The molecule has 0 aliphatic rings. The molecule has 7 heteroatoms. The Bertz CT molecular complexity index is 999. The largest absolute Gasteiger partial charge is 0.497 e. The fourth-order valence-corrected chi connectivity index (χ4v) is 3.73. The molecule has 126 valence electrons. The van der Waals surface area contributed by atoms with Crippen LogP contribution in [0.1, 0.15) is 18.4 Å². The molecule has 2 aromatic heterocycles. The van der Waals surface area contributed by atoms with Crippen LogP contribution in [0.25, 0.3) is 16.6 Å². The maximum absolute atomic E-state index is 9.24. The van der Waals surface area contributed by atoms with Gasteiger partial charge in [-0.25, -0.2) is 0 Å². The molecule has 1 atom stereocenters. The Labute approximate surface area is 150 Å². The number of aryl methyl sites for hydroxylation is 1. The molecule has 0 radical (unpaired) electrons. The molecule has 0 N–H and O–H groups in total. The summed E-state index contributed by atoms with van der Waals surface area (Å²) in [6.07, 6.45) is 0.961. The smallest absolute Gasteiger partial charge is 0.196 e. The third kappa shape index (κ3) is 3.38. The number of thioether (sulfide) groups is 1. The summed E-state index contributed by atoms with van der Waals surface area (Å²) in [5, 5.41) is 28.3. The standard InChI is InChI=1S/C18H17N5OS/c1-12-8-17-21-22-18(25-11-13(10-20)4-3-7-19)23(17)16-9-14(24-2)5-6-15(12)16/h5-6,8-9,13H,3-4,11H2,1-2H3. The van der Waals surface area contributed by atoms with Crippen LogP contribution in [0, 0.1) is 35.5 Å². The van der Waals surface area contributed by atoms with Crippen LogP contribution >= 0.6 is 11.8 Å². The van der Waals surface area contributed by atoms with Crippen molar-refractivity contribution in [3.8, 4) is 17.9 Å². The minimum absolute atomic E-state index is 0.178. The van der Waals surface area contributed by atoms with Crippen LogP contribution in [0.3, 0.4) is 0 Å². The summed E-state index contributed by atoms with van der Waals surface area (Å²) in [5.41, 5.74) is 2.87. The highest BCUT2D eigenvalue weighted by Gasteiger charge is 2.15. The summed E-state index contributed by atoms with van der Waals surface area (Å²) in [7, 11) is 1.64. The molecule has 0 saturated carbocycles. The van der Waals surface area contributed by atoms with E-state index < -0.39 is 0 Å². The summed E-state index contributed by atoms with van der Waals surface area (Å²) in [5.74, 6) is 1.18. The van der Waals surface area contributed by atoms with E-state index in [1.54, 1.807) is 7.11 Å². The Morgan fingerprint density at radius 2 is 2.12 bits per heavy atom. The van der Waals surface area contributed by atoms with Gasteiger partial charge in [0.2, 0.25) is 0 Å². The number of aromatic nitrogens is 3. The van der Waals surface area contributed by atoms with Crippen molar-refractivity contribution in [2.24, 2.45) is 5.92 Å². The van der Waals surface area contributed by atoms with Gasteiger partial charge in [0.1, 0.15) is 5.75 Å². The summed E-state index contributed by atoms with van der Waals surface area (Å²) in [4.78, 5) is 0. The minimum Gasteiger partial charge on any atom is -0.497 e. The summed E-state index contributed by atoms with van der Waals surface area (Å²) in [6.45, 7) is 2.05. The van der Waals surface area contributed by atoms with E-state index >= 15 is 0 Å². The highest BCUT2D eigenvalue weighted by Crippen LogP contribution is 2.29. The maximum atomic E-state index is 9.24. The SMILES string of the molecule is COc1ccc2c(C)cc3nnc(SCC(C#N)CCC#N)n3c2c1. The molecule has 0 spiro atoms. The van der Waals surface area contributed by atoms with Crippen LogP contribution in [0.4, 0.5) is 0 Å². The number of nitriles is 2. The minimum atomic E-state index is -0.178. The summed E-state index contributed by atoms with van der Waals surface area (Å²) >= 11 is 1.49. The van der Waals surface area contributed by atoms with E-state index in [0.717, 1.165) is 33.0 Å². The van der Waals surface area contributed by atoms with Gasteiger partial charge >= 0.3 is 0 Å². The molecule has 0 fully saturated rings. The highest BCUT2D eigenvalue weighted by atomic mass is 32.2. The van der Waals surface area contributed by atoms with Gasteiger partial charge in [-0.1, -0.05) is 11.8 Å². The molecule has 3 rings (SSSR count). The summed E-state index contributed by atoms with van der Waals surface area (Å²) < 4.78 is 7.35. The molecule has 2 heterocycles. The van der Waals surface area contributed by atoms with E-state index in [1.165, 1.54) is 11.8 Å². The van der Waals surface area contributed by atoms with Crippen LogP contribution in [0.2, 0.25) is 0 Å². The predicted octanol–water partition coefficient (Wildman–Crippen LogP) is 3.74. The molecule has 0 bridgehead atoms. The van der Waals surface area contributed by atoms with Crippen molar-refractivity contribution in [2.45, 2.75) is 24.9 Å². The molecule has 3 aromatic rings. The molecule has 1 aromatic carbocycles. The van der Waals surface area contributed by atoms with Gasteiger partial charge in [0, 0.05) is 23.6 Å². The monoisotopic (exact) mass is 351 g/mol. The van der Waals surface area contributed by atoms with Gasteiger partial charge in [-0.2, -0.15) is 10.5 Å². The van der Waals surface area contributed by atoms with Crippen LogP contribution in [0.15, 0.2) is 29.4 Å². The van der Waals surface area contributed by atoms with Crippen molar-refractivity contribution in [3.63, 3.8) is 0 Å². The number of hydrogen-bond donors (Lipinski definition) is 0. The lowest BCUT2D eigenvalue weighted by Gasteiger charge is -2.10. The van der Waals surface area contributed by atoms with Gasteiger partial charge in [0.15, 0.2) is 10.8 Å². The molecule has 0 aliphatic carbocycles. The van der Waals surface area contributed by atoms with Crippen molar-refractivity contribution in [2.75, 3.05) is 12.9 Å². The van der Waals surface area contributed by atoms with Crippen molar-refractivity contribution in [3.05, 3.63) is 29.8 Å². The molecule has 0 saturated heterocycles. The molecule has 0 aliphatic heterocycles. The number of methoxy groups -OCH3 is 1. The quantitative estimate of drug-likeness (QED) is 0.629. The topological polar surface area (TPSA) is 87.0 Å². The Hall–Kier alpha value is -2.77. The first-order valence-electron chi connectivity index (χ1n) is 7.89. The Morgan fingerprint density at radius 1 is 1.28 bits per heavy atom. The van der Waals surface area contributed by atoms with Gasteiger partial charge in [-0.15, -0.1) is 10.2 Å². The number of pyridine rings is 1. The molecule has 1 unspecified atom stereocenters. The summed E-state index contributed by atoms with van der Waals surface area (Å²) in [6, 6.07) is 12.3. The second-order valence-corrected chi connectivity index (χ2v) is 6.71. The van der Waals surface area contributed by atoms with Crippen molar-refractivity contribution >= 4 is 28.3 Å². The number of fused-ring (bicyclic) bond motifs is 3. The number of nitrogens with zero attached hydrogens (tertiary/aromatic N) is 5. The van der Waals surface area contributed by atoms with Gasteiger partial charge in [-0.05, 0) is 37.1 Å². The first-order valence-corrected chi connectivity index (χ1v) is 8.88. The zero-order valence-electron chi connectivity index (χ0n) is 14.1. The number of benzene rings is 1. The fraction of sp³-hybridized carbons (Fsp3) is 0.333. The van der Waals surface area contributed by atoms with Gasteiger partial charge < -0.3 is 4.74 Å². The molecule has 0 amide bonds. The molecule has 25 heavy (non-hydrogen) atoms. The zero-order valence-corrected chi connectivity index (χ0v) is 14.9. The second-order valence-electron chi connectivity index (χ2n) is 5.72. The maximum Gasteiger partial charge on any atom is 0.196 e. The average molecular weight is 351 g/mol. The van der Waals surface area contributed by atoms with E-state index in [0.29, 0.717) is 18.6 Å². The van der Waals surface area contributed by atoms with Gasteiger partial charge in [-0.3, -0.25) is 4.40 Å². The number of ether oxygens (including phenoxy) is 1. The van der Waals surface area contributed by atoms with Gasteiger partial charge in [0.25, 0.3) is 0 Å². The van der Waals surface area contributed by atoms with Crippen LogP contribution < -0.4 is 4.74 Å². The highest BCUT2D eigenvalue weighted by molar-refractivity contribution is 7.99. The van der Waals surface area contributed by atoms with E-state index in [9.17, 15) is 5.26 Å². The van der Waals surface area contributed by atoms with Crippen LogP contribution in [-0.4, -0.2) is 27.5 Å². The first-order chi connectivity index (χ1) is 12.2. The molecule has 6 nitrogen and oxygen atoms in total. The van der Waals surface area contributed by atoms with Crippen LogP contribution in [0.5, 0.6) is 5.75 Å². The second kappa shape index (κ2) is 7.42. The number of hydrogen-bond acceptors (Lipinski definition) is 6.